The van der Waals surface area contributed by atoms with Crippen LogP contribution >= 0.6 is 0 Å². The van der Waals surface area contributed by atoms with Crippen LogP contribution in [0.5, 0.6) is 17.2 Å². The minimum absolute atomic E-state index is 0.0623. The molecule has 5 heteroatoms. The maximum absolute atomic E-state index is 11.6. The molecule has 1 heterocycles. The number of ether oxygens (including phenoxy) is 3. The van der Waals surface area contributed by atoms with Gasteiger partial charge in [0.25, 0.3) is 0 Å². The molecule has 0 bridgehead atoms. The monoisotopic (exact) mass is 450 g/mol. The van der Waals surface area contributed by atoms with E-state index in [0.717, 1.165) is 54.9 Å². The van der Waals surface area contributed by atoms with Crippen LogP contribution < -0.4 is 14.2 Å². The molecule has 2 saturated carbocycles. The molecule has 1 N–H and O–H groups in total. The van der Waals surface area contributed by atoms with Crippen LogP contribution in [0.15, 0.2) is 42.5 Å². The molecule has 0 saturated heterocycles. The van der Waals surface area contributed by atoms with E-state index in [1.165, 1.54) is 5.56 Å². The molecule has 5 nitrogen and oxygen atoms in total. The fourth-order valence-electron chi connectivity index (χ4n) is 5.37. The average molecular weight is 451 g/mol. The lowest BCUT2D eigenvalue weighted by Crippen LogP contribution is -2.37. The topological polar surface area (TPSA) is 65.0 Å². The first kappa shape index (κ1) is 22.1. The highest BCUT2D eigenvalue weighted by molar-refractivity contribution is 5.71. The summed E-state index contributed by atoms with van der Waals surface area (Å²) in [4.78, 5) is 11.6. The number of hydrogen-bond acceptors (Lipinski definition) is 4. The second-order valence-corrected chi connectivity index (χ2v) is 10.7. The minimum atomic E-state index is -0.725. The Morgan fingerprint density at radius 3 is 2.67 bits per heavy atom. The van der Waals surface area contributed by atoms with Gasteiger partial charge in [0, 0.05) is 12.0 Å². The van der Waals surface area contributed by atoms with Gasteiger partial charge in [0.05, 0.1) is 18.6 Å². The zero-order valence-corrected chi connectivity index (χ0v) is 19.8. The zero-order valence-electron chi connectivity index (χ0n) is 19.8. The van der Waals surface area contributed by atoms with Crippen LogP contribution in [0.1, 0.15) is 63.5 Å². The summed E-state index contributed by atoms with van der Waals surface area (Å²) >= 11 is 0. The Balaban J connectivity index is 1.14. The normalized spacial score (nSPS) is 24.7. The molecule has 5 rings (SSSR count). The van der Waals surface area contributed by atoms with E-state index in [4.69, 9.17) is 14.2 Å². The Kier molecular flexibility index (Phi) is 5.75. The summed E-state index contributed by atoms with van der Waals surface area (Å²) in [6.45, 7) is 6.69. The fourth-order valence-corrected chi connectivity index (χ4v) is 5.37. The highest BCUT2D eigenvalue weighted by Gasteiger charge is 2.39. The van der Waals surface area contributed by atoms with E-state index < -0.39 is 5.97 Å². The number of carboxylic acid groups (broad SMARTS) is 1. The van der Waals surface area contributed by atoms with Gasteiger partial charge in [-0.15, -0.1) is 0 Å². The van der Waals surface area contributed by atoms with E-state index in [1.54, 1.807) is 0 Å². The average Bonchev–Trinajstić information content (AvgIpc) is 3.51. The van der Waals surface area contributed by atoms with Crippen LogP contribution in [0, 0.1) is 17.8 Å². The van der Waals surface area contributed by atoms with E-state index in [2.05, 4.69) is 19.9 Å². The van der Waals surface area contributed by atoms with Gasteiger partial charge in [-0.05, 0) is 81.0 Å². The molecule has 1 aliphatic heterocycles. The predicted octanol–water partition coefficient (Wildman–Crippen LogP) is 5.85. The number of benzene rings is 2. The van der Waals surface area contributed by atoms with Gasteiger partial charge in [-0.25, -0.2) is 0 Å². The highest BCUT2D eigenvalue weighted by atomic mass is 16.5. The van der Waals surface area contributed by atoms with Crippen LogP contribution in [0.25, 0.3) is 0 Å². The standard InChI is InChI=1S/C28H34O5/c1-17(27(29)30)25(19-10-11-19)20-6-4-8-22(14-20)31-16-18-12-23(13-18)32-24-9-5-7-21-15-28(2,3)33-26(21)24/h4-9,14,17-19,23,25H,10-13,15-16H2,1-3H3,(H,29,30)/t17-,18?,23?,25-/m0/s1. The third-order valence-corrected chi connectivity index (χ3v) is 7.33. The van der Waals surface area contributed by atoms with Gasteiger partial charge < -0.3 is 19.3 Å². The molecule has 0 amide bonds. The molecule has 0 unspecified atom stereocenters. The maximum Gasteiger partial charge on any atom is 0.306 e. The van der Waals surface area contributed by atoms with Crippen molar-refractivity contribution in [3.63, 3.8) is 0 Å². The maximum atomic E-state index is 11.6. The number of carbonyl (C=O) groups is 1. The van der Waals surface area contributed by atoms with Crippen LogP contribution in [0.2, 0.25) is 0 Å². The number of carboxylic acids is 1. The molecule has 2 fully saturated rings. The Morgan fingerprint density at radius 1 is 1.18 bits per heavy atom. The highest BCUT2D eigenvalue weighted by Crippen LogP contribution is 2.47. The van der Waals surface area contributed by atoms with Crippen molar-refractivity contribution in [3.8, 4) is 17.2 Å². The lowest BCUT2D eigenvalue weighted by atomic mass is 9.82. The van der Waals surface area contributed by atoms with Crippen molar-refractivity contribution in [1.82, 2.24) is 0 Å². The van der Waals surface area contributed by atoms with Crippen molar-refractivity contribution in [2.24, 2.45) is 17.8 Å². The van der Waals surface area contributed by atoms with Gasteiger partial charge in [0.2, 0.25) is 0 Å². The molecule has 0 aromatic heterocycles. The van der Waals surface area contributed by atoms with Crippen molar-refractivity contribution in [2.75, 3.05) is 6.61 Å². The predicted molar refractivity (Wildman–Crippen MR) is 126 cm³/mol. The number of rotatable bonds is 9. The smallest absolute Gasteiger partial charge is 0.306 e. The molecule has 2 aromatic rings. The van der Waals surface area contributed by atoms with Crippen LogP contribution in [-0.2, 0) is 11.2 Å². The van der Waals surface area contributed by atoms with Crippen molar-refractivity contribution in [2.45, 2.75) is 70.5 Å². The molecule has 33 heavy (non-hydrogen) atoms. The van der Waals surface area contributed by atoms with Gasteiger partial charge in [0.15, 0.2) is 11.5 Å². The summed E-state index contributed by atoms with van der Waals surface area (Å²) in [5, 5.41) is 9.53. The summed E-state index contributed by atoms with van der Waals surface area (Å²) < 4.78 is 18.5. The number of fused-ring (bicyclic) bond motifs is 1. The third kappa shape index (κ3) is 4.83. The van der Waals surface area contributed by atoms with Gasteiger partial charge in [-0.3, -0.25) is 4.79 Å². The molecule has 0 radical (unpaired) electrons. The van der Waals surface area contributed by atoms with E-state index >= 15 is 0 Å². The number of para-hydroxylation sites is 1. The van der Waals surface area contributed by atoms with Gasteiger partial charge in [-0.1, -0.05) is 31.2 Å². The Hall–Kier alpha value is -2.69. The molecular formula is C28H34O5. The quantitative estimate of drug-likeness (QED) is 0.519. The minimum Gasteiger partial charge on any atom is -0.493 e. The van der Waals surface area contributed by atoms with Gasteiger partial charge in [0.1, 0.15) is 11.4 Å². The van der Waals surface area contributed by atoms with E-state index in [9.17, 15) is 9.90 Å². The van der Waals surface area contributed by atoms with Crippen molar-refractivity contribution in [1.29, 1.82) is 0 Å². The molecule has 3 aliphatic rings. The Bertz CT molecular complexity index is 1020. The molecule has 2 aromatic carbocycles. The number of aliphatic carboxylic acids is 1. The third-order valence-electron chi connectivity index (χ3n) is 7.33. The first-order valence-corrected chi connectivity index (χ1v) is 12.2. The van der Waals surface area contributed by atoms with Crippen molar-refractivity contribution < 1.29 is 24.1 Å². The molecule has 176 valence electrons. The molecule has 2 aliphatic carbocycles. The van der Waals surface area contributed by atoms with E-state index in [1.807, 2.05) is 43.3 Å². The zero-order chi connectivity index (χ0) is 23.2. The lowest BCUT2D eigenvalue weighted by Gasteiger charge is -2.35. The lowest BCUT2D eigenvalue weighted by molar-refractivity contribution is -0.142. The summed E-state index contributed by atoms with van der Waals surface area (Å²) in [5.74, 6) is 2.48. The first-order chi connectivity index (χ1) is 15.8. The second kappa shape index (κ2) is 8.58. The first-order valence-electron chi connectivity index (χ1n) is 12.2. The summed E-state index contributed by atoms with van der Waals surface area (Å²) in [6.07, 6.45) is 5.26. The van der Waals surface area contributed by atoms with Crippen LogP contribution in [-0.4, -0.2) is 29.4 Å². The van der Waals surface area contributed by atoms with E-state index in [-0.39, 0.29) is 23.5 Å². The summed E-state index contributed by atoms with van der Waals surface area (Å²) in [6, 6.07) is 14.2. The van der Waals surface area contributed by atoms with Gasteiger partial charge in [-0.2, -0.15) is 0 Å². The summed E-state index contributed by atoms with van der Waals surface area (Å²) in [7, 11) is 0. The summed E-state index contributed by atoms with van der Waals surface area (Å²) in [5.41, 5.74) is 2.13. The van der Waals surface area contributed by atoms with Crippen molar-refractivity contribution in [3.05, 3.63) is 53.6 Å². The Labute approximate surface area is 196 Å². The fraction of sp³-hybridized carbons (Fsp3) is 0.536. The van der Waals surface area contributed by atoms with Gasteiger partial charge >= 0.3 is 5.97 Å². The van der Waals surface area contributed by atoms with E-state index in [0.29, 0.717) is 18.4 Å². The van der Waals surface area contributed by atoms with Crippen molar-refractivity contribution >= 4 is 5.97 Å². The second-order valence-electron chi connectivity index (χ2n) is 10.7. The largest absolute Gasteiger partial charge is 0.493 e. The number of hydrogen-bond donors (Lipinski definition) is 1. The SMILES string of the molecule is C[C@H](C(=O)O)[C@H](c1cccc(OCC2CC(Oc3cccc4c3OC(C)(C)C4)C2)c1)C1CC1. The molecule has 0 spiro atoms. The van der Waals surface area contributed by atoms with Crippen LogP contribution in [0.3, 0.4) is 0 Å². The van der Waals surface area contributed by atoms with Crippen LogP contribution in [0.4, 0.5) is 0 Å². The Morgan fingerprint density at radius 2 is 1.94 bits per heavy atom. The molecule has 2 atom stereocenters. The molecular weight excluding hydrogens is 416 g/mol.